The highest BCUT2D eigenvalue weighted by molar-refractivity contribution is 5.97. The van der Waals surface area contributed by atoms with Gasteiger partial charge in [0, 0.05) is 12.2 Å². The molecule has 12 heavy (non-hydrogen) atoms. The fourth-order valence-electron chi connectivity index (χ4n) is 1.27. The number of rotatable bonds is 1. The molecule has 0 unspecified atom stereocenters. The van der Waals surface area contributed by atoms with E-state index in [1.807, 2.05) is 24.7 Å². The molecule has 1 aliphatic rings. The maximum Gasteiger partial charge on any atom is 0.255 e. The Bertz CT molecular complexity index is 327. The van der Waals surface area contributed by atoms with Crippen LogP contribution in [0.5, 0.6) is 0 Å². The van der Waals surface area contributed by atoms with Crippen LogP contribution in [-0.2, 0) is 6.54 Å². The molecule has 1 aromatic rings. The van der Waals surface area contributed by atoms with Crippen molar-refractivity contribution >= 4 is 5.91 Å². The van der Waals surface area contributed by atoms with Gasteiger partial charge in [-0.3, -0.25) is 9.48 Å². The molecule has 0 saturated carbocycles. The first-order valence-corrected chi connectivity index (χ1v) is 4.04. The minimum absolute atomic E-state index is 0.00287. The van der Waals surface area contributed by atoms with E-state index in [1.165, 1.54) is 0 Å². The summed E-state index contributed by atoms with van der Waals surface area (Å²) in [6.45, 7) is 4.66. The van der Waals surface area contributed by atoms with Crippen LogP contribution < -0.4 is 5.32 Å². The molecule has 0 atom stereocenters. The zero-order valence-corrected chi connectivity index (χ0v) is 7.16. The summed E-state index contributed by atoms with van der Waals surface area (Å²) in [6.07, 6.45) is 1.81. The van der Waals surface area contributed by atoms with Gasteiger partial charge in [-0.2, -0.15) is 5.10 Å². The van der Waals surface area contributed by atoms with Crippen molar-refractivity contribution in [3.63, 3.8) is 0 Å². The van der Waals surface area contributed by atoms with Crippen LogP contribution in [0, 0.1) is 0 Å². The summed E-state index contributed by atoms with van der Waals surface area (Å²) in [5.41, 5.74) is 1.59. The van der Waals surface area contributed by atoms with Gasteiger partial charge in [-0.15, -0.1) is 0 Å². The largest absolute Gasteiger partial charge is 0.346 e. The van der Waals surface area contributed by atoms with Crippen molar-refractivity contribution in [2.75, 3.05) is 0 Å². The monoisotopic (exact) mass is 165 g/mol. The summed E-state index contributed by atoms with van der Waals surface area (Å²) in [6, 6.07) is 0.323. The fourth-order valence-corrected chi connectivity index (χ4v) is 1.27. The molecule has 1 N–H and O–H groups in total. The second kappa shape index (κ2) is 2.33. The van der Waals surface area contributed by atoms with Crippen LogP contribution in [0.25, 0.3) is 0 Å². The second-order valence-electron chi connectivity index (χ2n) is 3.25. The molecule has 0 aliphatic carbocycles. The van der Waals surface area contributed by atoms with Crippen molar-refractivity contribution in [3.05, 3.63) is 17.5 Å². The van der Waals surface area contributed by atoms with Gasteiger partial charge in [0.25, 0.3) is 5.91 Å². The highest BCUT2D eigenvalue weighted by Gasteiger charge is 2.22. The number of aromatic nitrogens is 2. The van der Waals surface area contributed by atoms with Crippen molar-refractivity contribution < 1.29 is 4.79 Å². The highest BCUT2D eigenvalue weighted by Crippen LogP contribution is 2.15. The third-order valence-corrected chi connectivity index (χ3v) is 2.00. The standard InChI is InChI=1S/C8H11N3O/c1-5(2)11-4-6-7(10-11)3-9-8(6)12/h4-5H,3H2,1-2H3,(H,9,12). The van der Waals surface area contributed by atoms with Gasteiger partial charge in [0.15, 0.2) is 0 Å². The first-order chi connectivity index (χ1) is 5.68. The van der Waals surface area contributed by atoms with E-state index >= 15 is 0 Å². The lowest BCUT2D eigenvalue weighted by Gasteiger charge is -2.03. The molecular formula is C8H11N3O. The maximum atomic E-state index is 11.1. The topological polar surface area (TPSA) is 46.9 Å². The van der Waals surface area contributed by atoms with Crippen LogP contribution in [0.4, 0.5) is 0 Å². The molecule has 0 aromatic carbocycles. The van der Waals surface area contributed by atoms with Gasteiger partial charge in [-0.1, -0.05) is 0 Å². The van der Waals surface area contributed by atoms with Crippen LogP contribution in [-0.4, -0.2) is 15.7 Å². The minimum atomic E-state index is -0.00287. The van der Waals surface area contributed by atoms with Crippen molar-refractivity contribution in [3.8, 4) is 0 Å². The van der Waals surface area contributed by atoms with Crippen molar-refractivity contribution in [1.29, 1.82) is 0 Å². The molecule has 2 heterocycles. The lowest BCUT2D eigenvalue weighted by molar-refractivity contribution is 0.0965. The van der Waals surface area contributed by atoms with E-state index in [0.29, 0.717) is 12.6 Å². The predicted molar refractivity (Wildman–Crippen MR) is 43.8 cm³/mol. The number of amides is 1. The molecule has 64 valence electrons. The van der Waals surface area contributed by atoms with Gasteiger partial charge in [-0.25, -0.2) is 0 Å². The number of carbonyl (C=O) groups is 1. The van der Waals surface area contributed by atoms with E-state index in [0.717, 1.165) is 11.3 Å². The number of nitrogens with zero attached hydrogens (tertiary/aromatic N) is 2. The van der Waals surface area contributed by atoms with E-state index in [1.54, 1.807) is 0 Å². The third kappa shape index (κ3) is 0.913. The van der Waals surface area contributed by atoms with Gasteiger partial charge in [0.05, 0.1) is 17.8 Å². The quantitative estimate of drug-likeness (QED) is 0.666. The summed E-state index contributed by atoms with van der Waals surface area (Å²) in [5.74, 6) is -0.00287. The summed E-state index contributed by atoms with van der Waals surface area (Å²) in [4.78, 5) is 11.1. The number of nitrogens with one attached hydrogen (secondary N) is 1. The molecule has 4 heteroatoms. The molecular weight excluding hydrogens is 154 g/mol. The molecule has 0 fully saturated rings. The molecule has 2 rings (SSSR count). The van der Waals surface area contributed by atoms with E-state index in [4.69, 9.17) is 0 Å². The summed E-state index contributed by atoms with van der Waals surface area (Å²) in [5, 5.41) is 6.99. The Balaban J connectivity index is 2.43. The lowest BCUT2D eigenvalue weighted by atomic mass is 10.3. The third-order valence-electron chi connectivity index (χ3n) is 2.00. The summed E-state index contributed by atoms with van der Waals surface area (Å²) >= 11 is 0. The molecule has 1 aromatic heterocycles. The van der Waals surface area contributed by atoms with E-state index in [-0.39, 0.29) is 5.91 Å². The van der Waals surface area contributed by atoms with Gasteiger partial charge in [0.1, 0.15) is 0 Å². The van der Waals surface area contributed by atoms with Crippen molar-refractivity contribution in [2.24, 2.45) is 0 Å². The molecule has 0 bridgehead atoms. The Morgan fingerprint density at radius 2 is 2.42 bits per heavy atom. The number of hydrogen-bond acceptors (Lipinski definition) is 2. The van der Waals surface area contributed by atoms with E-state index < -0.39 is 0 Å². The SMILES string of the molecule is CC(C)n1cc2c(n1)CNC2=O. The molecule has 0 saturated heterocycles. The Kier molecular flexibility index (Phi) is 1.43. The smallest absolute Gasteiger partial charge is 0.255 e. The Morgan fingerprint density at radius 1 is 1.67 bits per heavy atom. The molecule has 1 aliphatic heterocycles. The minimum Gasteiger partial charge on any atom is -0.346 e. The number of carbonyl (C=O) groups excluding carboxylic acids is 1. The van der Waals surface area contributed by atoms with Gasteiger partial charge >= 0.3 is 0 Å². The zero-order valence-electron chi connectivity index (χ0n) is 7.16. The predicted octanol–water partition coefficient (Wildman–Crippen LogP) is 0.707. The van der Waals surface area contributed by atoms with Crippen LogP contribution >= 0.6 is 0 Å². The van der Waals surface area contributed by atoms with Crippen LogP contribution in [0.1, 0.15) is 35.9 Å². The average molecular weight is 165 g/mol. The van der Waals surface area contributed by atoms with Gasteiger partial charge < -0.3 is 5.32 Å². The molecule has 4 nitrogen and oxygen atoms in total. The highest BCUT2D eigenvalue weighted by atomic mass is 16.2. The normalized spacial score (nSPS) is 15.1. The number of hydrogen-bond donors (Lipinski definition) is 1. The van der Waals surface area contributed by atoms with E-state index in [9.17, 15) is 4.79 Å². The lowest BCUT2D eigenvalue weighted by Crippen LogP contribution is -2.14. The van der Waals surface area contributed by atoms with Crippen molar-refractivity contribution in [2.45, 2.75) is 26.4 Å². The summed E-state index contributed by atoms with van der Waals surface area (Å²) < 4.78 is 1.82. The Labute approximate surface area is 70.6 Å². The van der Waals surface area contributed by atoms with Gasteiger partial charge in [0.2, 0.25) is 0 Å². The molecule has 0 spiro atoms. The molecule has 1 amide bonds. The maximum absolute atomic E-state index is 11.1. The first-order valence-electron chi connectivity index (χ1n) is 4.04. The van der Waals surface area contributed by atoms with Gasteiger partial charge in [-0.05, 0) is 13.8 Å². The summed E-state index contributed by atoms with van der Waals surface area (Å²) in [7, 11) is 0. The first kappa shape index (κ1) is 7.34. The van der Waals surface area contributed by atoms with Crippen LogP contribution in [0.15, 0.2) is 6.20 Å². The zero-order chi connectivity index (χ0) is 8.72. The second-order valence-corrected chi connectivity index (χ2v) is 3.25. The van der Waals surface area contributed by atoms with Crippen LogP contribution in [0.2, 0.25) is 0 Å². The average Bonchev–Trinajstić information content (AvgIpc) is 2.53. The van der Waals surface area contributed by atoms with Crippen molar-refractivity contribution in [1.82, 2.24) is 15.1 Å². The fraction of sp³-hybridized carbons (Fsp3) is 0.500. The molecule has 0 radical (unpaired) electrons. The van der Waals surface area contributed by atoms with Crippen LogP contribution in [0.3, 0.4) is 0 Å². The Morgan fingerprint density at radius 3 is 3.00 bits per heavy atom. The van der Waals surface area contributed by atoms with E-state index in [2.05, 4.69) is 10.4 Å². The Hall–Kier alpha value is -1.32. The number of fused-ring (bicyclic) bond motifs is 1.